The molecule has 0 aliphatic carbocycles. The number of aromatic nitrogens is 2. The molecule has 2 N–H and O–H groups in total. The third-order valence-electron chi connectivity index (χ3n) is 3.98. The average Bonchev–Trinajstić information content (AvgIpc) is 3.13. The molecule has 128 valence electrons. The summed E-state index contributed by atoms with van der Waals surface area (Å²) in [5.74, 6) is -0.248. The average molecular weight is 335 g/mol. The third kappa shape index (κ3) is 4.33. The molecule has 0 saturated carbocycles. The maximum absolute atomic E-state index is 12.3. The van der Waals surface area contributed by atoms with Gasteiger partial charge in [0.1, 0.15) is 0 Å². The van der Waals surface area contributed by atoms with Gasteiger partial charge in [0.25, 0.3) is 5.91 Å². The van der Waals surface area contributed by atoms with Crippen molar-refractivity contribution in [2.45, 2.75) is 25.5 Å². The third-order valence-corrected chi connectivity index (χ3v) is 3.98. The molecule has 1 aromatic heterocycles. The molecule has 0 spiro atoms. The van der Waals surface area contributed by atoms with Crippen molar-refractivity contribution >= 4 is 5.91 Å². The lowest BCUT2D eigenvalue weighted by Gasteiger charge is -2.17. The van der Waals surface area contributed by atoms with Crippen molar-refractivity contribution in [2.24, 2.45) is 0 Å². The van der Waals surface area contributed by atoms with Crippen molar-refractivity contribution in [3.05, 3.63) is 84.2 Å². The first-order chi connectivity index (χ1) is 12.1. The highest BCUT2D eigenvalue weighted by Crippen LogP contribution is 2.18. The number of carbonyl (C=O) groups excluding carboxylic acids is 1. The van der Waals surface area contributed by atoms with Gasteiger partial charge in [-0.3, -0.25) is 4.79 Å². The summed E-state index contributed by atoms with van der Waals surface area (Å²) < 4.78 is 1.67. The molecule has 0 saturated heterocycles. The van der Waals surface area contributed by atoms with Crippen LogP contribution in [0, 0.1) is 0 Å². The summed E-state index contributed by atoms with van der Waals surface area (Å²) in [5, 5.41) is 17.5. The molecule has 0 fully saturated rings. The molecule has 0 radical (unpaired) electrons. The molecule has 0 bridgehead atoms. The SMILES string of the molecule is CC(CC(O)c1ccccc1)NC(=O)c1ccn(-c2ccccc2)n1. The number of hydrogen-bond donors (Lipinski definition) is 2. The molecule has 0 aliphatic rings. The van der Waals surface area contributed by atoms with Crippen LogP contribution < -0.4 is 5.32 Å². The van der Waals surface area contributed by atoms with Crippen molar-refractivity contribution in [2.75, 3.05) is 0 Å². The molecule has 2 aromatic carbocycles. The van der Waals surface area contributed by atoms with Gasteiger partial charge in [0.2, 0.25) is 0 Å². The monoisotopic (exact) mass is 335 g/mol. The van der Waals surface area contributed by atoms with Crippen LogP contribution in [0.3, 0.4) is 0 Å². The second-order valence-electron chi connectivity index (χ2n) is 6.02. The zero-order valence-electron chi connectivity index (χ0n) is 14.0. The molecular weight excluding hydrogens is 314 g/mol. The van der Waals surface area contributed by atoms with Crippen LogP contribution in [0.2, 0.25) is 0 Å². The van der Waals surface area contributed by atoms with E-state index in [2.05, 4.69) is 10.4 Å². The van der Waals surface area contributed by atoms with E-state index >= 15 is 0 Å². The van der Waals surface area contributed by atoms with Crippen molar-refractivity contribution in [3.8, 4) is 5.69 Å². The van der Waals surface area contributed by atoms with Crippen LogP contribution in [0.5, 0.6) is 0 Å². The Kier molecular flexibility index (Phi) is 5.26. The lowest BCUT2D eigenvalue weighted by molar-refractivity contribution is 0.0911. The maximum Gasteiger partial charge on any atom is 0.272 e. The molecule has 5 heteroatoms. The number of benzene rings is 2. The van der Waals surface area contributed by atoms with Crippen LogP contribution in [0.25, 0.3) is 5.69 Å². The highest BCUT2D eigenvalue weighted by Gasteiger charge is 2.16. The molecular formula is C20H21N3O2. The van der Waals surface area contributed by atoms with Crippen LogP contribution in [0.1, 0.15) is 35.5 Å². The van der Waals surface area contributed by atoms with Crippen LogP contribution in [-0.4, -0.2) is 26.8 Å². The zero-order valence-corrected chi connectivity index (χ0v) is 14.0. The number of aliphatic hydroxyl groups excluding tert-OH is 1. The summed E-state index contributed by atoms with van der Waals surface area (Å²) in [5.41, 5.74) is 2.09. The van der Waals surface area contributed by atoms with E-state index in [1.807, 2.05) is 67.6 Å². The van der Waals surface area contributed by atoms with Crippen LogP contribution >= 0.6 is 0 Å². The van der Waals surface area contributed by atoms with Gasteiger partial charge < -0.3 is 10.4 Å². The predicted octanol–water partition coefficient (Wildman–Crippen LogP) is 3.11. The quantitative estimate of drug-likeness (QED) is 0.727. The molecule has 3 rings (SSSR count). The van der Waals surface area contributed by atoms with Crippen molar-refractivity contribution in [1.82, 2.24) is 15.1 Å². The highest BCUT2D eigenvalue weighted by atomic mass is 16.3. The number of nitrogens with one attached hydrogen (secondary N) is 1. The minimum absolute atomic E-state index is 0.176. The van der Waals surface area contributed by atoms with E-state index in [9.17, 15) is 9.90 Å². The number of para-hydroxylation sites is 1. The Morgan fingerprint density at radius 2 is 1.72 bits per heavy atom. The maximum atomic E-state index is 12.3. The summed E-state index contributed by atoms with van der Waals surface area (Å²) in [6, 6.07) is 20.6. The van der Waals surface area contributed by atoms with E-state index in [0.717, 1.165) is 11.3 Å². The van der Waals surface area contributed by atoms with E-state index in [0.29, 0.717) is 12.1 Å². The van der Waals surface area contributed by atoms with E-state index in [1.54, 1.807) is 16.9 Å². The van der Waals surface area contributed by atoms with Gasteiger partial charge in [-0.25, -0.2) is 4.68 Å². The fraction of sp³-hybridized carbons (Fsp3) is 0.200. The minimum Gasteiger partial charge on any atom is -0.388 e. The van der Waals surface area contributed by atoms with Gasteiger partial charge >= 0.3 is 0 Å². The highest BCUT2D eigenvalue weighted by molar-refractivity contribution is 5.92. The zero-order chi connectivity index (χ0) is 17.6. The Bertz CT molecular complexity index is 815. The Hall–Kier alpha value is -2.92. The predicted molar refractivity (Wildman–Crippen MR) is 96.5 cm³/mol. The fourth-order valence-corrected chi connectivity index (χ4v) is 2.67. The summed E-state index contributed by atoms with van der Waals surface area (Å²) in [6.07, 6.45) is 1.58. The van der Waals surface area contributed by atoms with Gasteiger partial charge in [0, 0.05) is 12.2 Å². The summed E-state index contributed by atoms with van der Waals surface area (Å²) in [6.45, 7) is 1.87. The smallest absolute Gasteiger partial charge is 0.272 e. The van der Waals surface area contributed by atoms with E-state index < -0.39 is 6.10 Å². The lowest BCUT2D eigenvalue weighted by atomic mass is 10.0. The molecule has 2 unspecified atom stereocenters. The molecule has 0 aliphatic heterocycles. The molecule has 1 heterocycles. The van der Waals surface area contributed by atoms with E-state index in [-0.39, 0.29) is 11.9 Å². The second-order valence-corrected chi connectivity index (χ2v) is 6.02. The summed E-state index contributed by atoms with van der Waals surface area (Å²) in [7, 11) is 0. The number of hydrogen-bond acceptors (Lipinski definition) is 3. The first-order valence-corrected chi connectivity index (χ1v) is 8.28. The molecule has 2 atom stereocenters. The first kappa shape index (κ1) is 16.9. The number of carbonyl (C=O) groups is 1. The first-order valence-electron chi connectivity index (χ1n) is 8.28. The molecule has 25 heavy (non-hydrogen) atoms. The van der Waals surface area contributed by atoms with E-state index in [4.69, 9.17) is 0 Å². The lowest BCUT2D eigenvalue weighted by Crippen LogP contribution is -2.34. The number of aliphatic hydroxyl groups is 1. The van der Waals surface area contributed by atoms with Crippen molar-refractivity contribution < 1.29 is 9.90 Å². The van der Waals surface area contributed by atoms with E-state index in [1.165, 1.54) is 0 Å². The van der Waals surface area contributed by atoms with Gasteiger partial charge in [-0.15, -0.1) is 0 Å². The topological polar surface area (TPSA) is 67.2 Å². The van der Waals surface area contributed by atoms with Gasteiger partial charge in [-0.2, -0.15) is 5.10 Å². The second kappa shape index (κ2) is 7.77. The van der Waals surface area contributed by atoms with Gasteiger partial charge in [0.05, 0.1) is 11.8 Å². The largest absolute Gasteiger partial charge is 0.388 e. The molecule has 3 aromatic rings. The Morgan fingerprint density at radius 3 is 2.40 bits per heavy atom. The summed E-state index contributed by atoms with van der Waals surface area (Å²) >= 11 is 0. The van der Waals surface area contributed by atoms with Crippen LogP contribution in [0.15, 0.2) is 72.9 Å². The summed E-state index contributed by atoms with van der Waals surface area (Å²) in [4.78, 5) is 12.3. The van der Waals surface area contributed by atoms with Crippen LogP contribution in [-0.2, 0) is 0 Å². The standard InChI is InChI=1S/C20H21N3O2/c1-15(14-19(24)16-8-4-2-5-9-16)21-20(25)18-12-13-23(22-18)17-10-6-3-7-11-17/h2-13,15,19,24H,14H2,1H3,(H,21,25). The van der Waals surface area contributed by atoms with Gasteiger partial charge in [-0.05, 0) is 37.1 Å². The van der Waals surface area contributed by atoms with Crippen molar-refractivity contribution in [1.29, 1.82) is 0 Å². The fourth-order valence-electron chi connectivity index (χ4n) is 2.67. The number of nitrogens with zero attached hydrogens (tertiary/aromatic N) is 2. The van der Waals surface area contributed by atoms with Crippen molar-refractivity contribution in [3.63, 3.8) is 0 Å². The molecule has 5 nitrogen and oxygen atoms in total. The Morgan fingerprint density at radius 1 is 1.08 bits per heavy atom. The minimum atomic E-state index is -0.613. The number of amides is 1. The number of rotatable bonds is 6. The van der Waals surface area contributed by atoms with Crippen LogP contribution in [0.4, 0.5) is 0 Å². The normalized spacial score (nSPS) is 13.2. The van der Waals surface area contributed by atoms with Gasteiger partial charge in [-0.1, -0.05) is 48.5 Å². The Labute approximate surface area is 146 Å². The molecule has 1 amide bonds. The Balaban J connectivity index is 1.59. The van der Waals surface area contributed by atoms with Gasteiger partial charge in [0.15, 0.2) is 5.69 Å².